The predicted octanol–water partition coefficient (Wildman–Crippen LogP) is 3.94. The minimum absolute atomic E-state index is 0.0622. The van der Waals surface area contributed by atoms with Crippen LogP contribution in [0.15, 0.2) is 27.8 Å². The van der Waals surface area contributed by atoms with Gasteiger partial charge in [0, 0.05) is 9.26 Å². The minimum atomic E-state index is -0.0622. The molecule has 0 radical (unpaired) electrons. The van der Waals surface area contributed by atoms with Crippen molar-refractivity contribution >= 4 is 45.9 Å². The number of nitrogens with zero attached hydrogens (tertiary/aromatic N) is 1. The number of aromatic nitrogens is 1. The maximum atomic E-state index is 11.9. The summed E-state index contributed by atoms with van der Waals surface area (Å²) in [5, 5.41) is 3.43. The molecule has 0 aliphatic rings. The zero-order chi connectivity index (χ0) is 14.7. The number of amides is 1. The number of rotatable bonds is 4. The largest absolute Gasteiger partial charge is 0.437 e. The van der Waals surface area contributed by atoms with E-state index in [0.29, 0.717) is 5.22 Å². The Kier molecular flexibility index (Phi) is 5.09. The number of aryl methyl sites for hydroxylation is 3. The fraction of sp³-hybridized carbons (Fsp3) is 0.286. The van der Waals surface area contributed by atoms with Gasteiger partial charge >= 0.3 is 0 Å². The first kappa shape index (κ1) is 15.4. The summed E-state index contributed by atoms with van der Waals surface area (Å²) >= 11 is 3.55. The summed E-state index contributed by atoms with van der Waals surface area (Å²) in [5.74, 6) is 1.01. The van der Waals surface area contributed by atoms with Crippen molar-refractivity contribution in [2.75, 3.05) is 11.1 Å². The molecule has 0 saturated carbocycles. The first-order valence-electron chi connectivity index (χ1n) is 6.08. The topological polar surface area (TPSA) is 55.1 Å². The highest BCUT2D eigenvalue weighted by Gasteiger charge is 2.10. The highest BCUT2D eigenvalue weighted by molar-refractivity contribution is 14.1. The molecule has 0 aliphatic heterocycles. The van der Waals surface area contributed by atoms with E-state index in [4.69, 9.17) is 4.42 Å². The van der Waals surface area contributed by atoms with Crippen LogP contribution in [0.2, 0.25) is 0 Å². The minimum Gasteiger partial charge on any atom is -0.437 e. The number of hydrogen-bond donors (Lipinski definition) is 1. The number of carbonyl (C=O) groups is 1. The van der Waals surface area contributed by atoms with Gasteiger partial charge < -0.3 is 9.73 Å². The third kappa shape index (κ3) is 3.99. The van der Waals surface area contributed by atoms with Crippen LogP contribution < -0.4 is 5.32 Å². The quantitative estimate of drug-likeness (QED) is 0.622. The number of oxazole rings is 1. The standard InChI is InChI=1S/C14H15IN2O2S/c1-8-6-11(15)4-5-12(8)17-13(18)7-20-14-16-9(2)10(3)19-14/h4-6H,7H2,1-3H3,(H,17,18). The molecule has 0 atom stereocenters. The van der Waals surface area contributed by atoms with Crippen LogP contribution in [0.3, 0.4) is 0 Å². The summed E-state index contributed by atoms with van der Waals surface area (Å²) in [7, 11) is 0. The number of benzene rings is 1. The second-order valence-electron chi connectivity index (χ2n) is 4.42. The third-order valence-electron chi connectivity index (χ3n) is 2.80. The number of thioether (sulfide) groups is 1. The SMILES string of the molecule is Cc1cc(I)ccc1NC(=O)CSc1nc(C)c(C)o1. The predicted molar refractivity (Wildman–Crippen MR) is 89.2 cm³/mol. The molecule has 0 unspecified atom stereocenters. The Morgan fingerprint density at radius 2 is 2.15 bits per heavy atom. The Hall–Kier alpha value is -1.02. The zero-order valence-corrected chi connectivity index (χ0v) is 14.5. The highest BCUT2D eigenvalue weighted by atomic mass is 127. The Labute approximate surface area is 135 Å². The molecule has 2 rings (SSSR count). The fourth-order valence-electron chi connectivity index (χ4n) is 1.59. The lowest BCUT2D eigenvalue weighted by Crippen LogP contribution is -2.14. The molecule has 0 spiro atoms. The molecule has 1 aromatic heterocycles. The van der Waals surface area contributed by atoms with Gasteiger partial charge in [0.1, 0.15) is 5.76 Å². The van der Waals surface area contributed by atoms with E-state index < -0.39 is 0 Å². The highest BCUT2D eigenvalue weighted by Crippen LogP contribution is 2.21. The summed E-state index contributed by atoms with van der Waals surface area (Å²) in [6.45, 7) is 5.73. The summed E-state index contributed by atoms with van der Waals surface area (Å²) in [5.41, 5.74) is 2.76. The van der Waals surface area contributed by atoms with E-state index >= 15 is 0 Å². The second-order valence-corrected chi connectivity index (χ2v) is 6.59. The molecule has 1 aromatic carbocycles. The normalized spacial score (nSPS) is 10.6. The van der Waals surface area contributed by atoms with Crippen molar-refractivity contribution in [3.8, 4) is 0 Å². The lowest BCUT2D eigenvalue weighted by Gasteiger charge is -2.07. The molecule has 0 bridgehead atoms. The smallest absolute Gasteiger partial charge is 0.256 e. The van der Waals surface area contributed by atoms with Crippen molar-refractivity contribution < 1.29 is 9.21 Å². The summed E-state index contributed by atoms with van der Waals surface area (Å²) in [6.07, 6.45) is 0. The summed E-state index contributed by atoms with van der Waals surface area (Å²) in [6, 6.07) is 5.92. The molecular weight excluding hydrogens is 387 g/mol. The molecule has 6 heteroatoms. The van der Waals surface area contributed by atoms with E-state index in [1.165, 1.54) is 11.8 Å². The van der Waals surface area contributed by atoms with Crippen LogP contribution in [0.25, 0.3) is 0 Å². The van der Waals surface area contributed by atoms with Gasteiger partial charge in [-0.2, -0.15) is 0 Å². The van der Waals surface area contributed by atoms with E-state index in [9.17, 15) is 4.79 Å². The van der Waals surface area contributed by atoms with Gasteiger partial charge in [0.25, 0.3) is 5.22 Å². The average Bonchev–Trinajstić information content (AvgIpc) is 2.70. The molecule has 1 N–H and O–H groups in total. The lowest BCUT2D eigenvalue weighted by molar-refractivity contribution is -0.113. The maximum absolute atomic E-state index is 11.9. The first-order chi connectivity index (χ1) is 9.45. The van der Waals surface area contributed by atoms with Crippen LogP contribution in [0.5, 0.6) is 0 Å². The third-order valence-corrected chi connectivity index (χ3v) is 4.30. The molecule has 20 heavy (non-hydrogen) atoms. The van der Waals surface area contributed by atoms with E-state index in [-0.39, 0.29) is 11.7 Å². The maximum Gasteiger partial charge on any atom is 0.256 e. The van der Waals surface area contributed by atoms with Gasteiger partial charge in [0.05, 0.1) is 11.4 Å². The number of nitrogens with one attached hydrogen (secondary N) is 1. The molecular formula is C14H15IN2O2S. The van der Waals surface area contributed by atoms with Crippen molar-refractivity contribution in [1.29, 1.82) is 0 Å². The van der Waals surface area contributed by atoms with Gasteiger partial charge in [0.15, 0.2) is 0 Å². The van der Waals surface area contributed by atoms with Crippen molar-refractivity contribution in [1.82, 2.24) is 4.98 Å². The van der Waals surface area contributed by atoms with Gasteiger partial charge in [-0.1, -0.05) is 11.8 Å². The molecule has 0 aliphatic carbocycles. The Morgan fingerprint density at radius 1 is 1.40 bits per heavy atom. The van der Waals surface area contributed by atoms with Crippen molar-refractivity contribution in [3.63, 3.8) is 0 Å². The molecule has 1 heterocycles. The molecule has 4 nitrogen and oxygen atoms in total. The average molecular weight is 402 g/mol. The molecule has 106 valence electrons. The monoisotopic (exact) mass is 402 g/mol. The first-order valence-corrected chi connectivity index (χ1v) is 8.15. The van der Waals surface area contributed by atoms with E-state index in [2.05, 4.69) is 32.9 Å². The van der Waals surface area contributed by atoms with Crippen LogP contribution >= 0.6 is 34.4 Å². The number of anilines is 1. The Balaban J connectivity index is 1.92. The van der Waals surface area contributed by atoms with E-state index in [1.807, 2.05) is 39.0 Å². The van der Waals surface area contributed by atoms with Crippen molar-refractivity contribution in [3.05, 3.63) is 38.8 Å². The van der Waals surface area contributed by atoms with Gasteiger partial charge in [0.2, 0.25) is 5.91 Å². The zero-order valence-electron chi connectivity index (χ0n) is 11.5. The summed E-state index contributed by atoms with van der Waals surface area (Å²) in [4.78, 5) is 16.1. The molecule has 0 fully saturated rings. The van der Waals surface area contributed by atoms with E-state index in [1.54, 1.807) is 0 Å². The van der Waals surface area contributed by atoms with Crippen LogP contribution in [0.1, 0.15) is 17.0 Å². The number of halogens is 1. The molecule has 1 amide bonds. The fourth-order valence-corrected chi connectivity index (χ4v) is 2.94. The van der Waals surface area contributed by atoms with E-state index in [0.717, 1.165) is 26.3 Å². The number of carbonyl (C=O) groups excluding carboxylic acids is 1. The Morgan fingerprint density at radius 3 is 2.75 bits per heavy atom. The summed E-state index contributed by atoms with van der Waals surface area (Å²) < 4.78 is 6.58. The molecule has 2 aromatic rings. The van der Waals surface area contributed by atoms with Gasteiger partial charge in [-0.05, 0) is 67.1 Å². The van der Waals surface area contributed by atoms with Crippen LogP contribution in [-0.4, -0.2) is 16.6 Å². The van der Waals surface area contributed by atoms with Crippen LogP contribution in [0, 0.1) is 24.3 Å². The second kappa shape index (κ2) is 6.62. The lowest BCUT2D eigenvalue weighted by atomic mass is 10.2. The number of hydrogen-bond acceptors (Lipinski definition) is 4. The van der Waals surface area contributed by atoms with Gasteiger partial charge in [-0.15, -0.1) is 0 Å². The van der Waals surface area contributed by atoms with Gasteiger partial charge in [-0.3, -0.25) is 4.79 Å². The van der Waals surface area contributed by atoms with Crippen molar-refractivity contribution in [2.24, 2.45) is 0 Å². The Bertz CT molecular complexity index is 621. The van der Waals surface area contributed by atoms with Gasteiger partial charge in [-0.25, -0.2) is 4.98 Å². The van der Waals surface area contributed by atoms with Crippen molar-refractivity contribution in [2.45, 2.75) is 26.0 Å². The van der Waals surface area contributed by atoms with Crippen LogP contribution in [0.4, 0.5) is 5.69 Å². The van der Waals surface area contributed by atoms with Crippen LogP contribution in [-0.2, 0) is 4.79 Å². The molecule has 0 saturated heterocycles.